The van der Waals surface area contributed by atoms with Crippen LogP contribution in [0.15, 0.2) is 0 Å². The standard InChI is InChI=1S/CH5NO2.ClH/c2-1(3)4;/h1,3-4H,2H2;1H. The zero-order chi connectivity index (χ0) is 3.58. The summed E-state index contributed by atoms with van der Waals surface area (Å²) in [5.41, 5.74) is 4.22. The summed E-state index contributed by atoms with van der Waals surface area (Å²) < 4.78 is 0. The second-order valence-corrected chi connectivity index (χ2v) is 0.414. The molecule has 0 saturated carbocycles. The van der Waals surface area contributed by atoms with Gasteiger partial charge in [-0.3, -0.25) is 5.73 Å². The molecule has 0 amide bonds. The first-order chi connectivity index (χ1) is 1.73. The number of hydrogen-bond acceptors (Lipinski definition) is 3. The van der Waals surface area contributed by atoms with Crippen LogP contribution in [0.4, 0.5) is 0 Å². The Bertz CT molecular complexity index is 14.4. The minimum Gasteiger partial charge on any atom is -0.356 e. The summed E-state index contributed by atoms with van der Waals surface area (Å²) in [6.45, 7) is 0. The molecule has 0 rings (SSSR count). The summed E-state index contributed by atoms with van der Waals surface area (Å²) in [5.74, 6) is 0. The lowest BCUT2D eigenvalue weighted by atomic mass is 11.2. The van der Waals surface area contributed by atoms with Crippen molar-refractivity contribution in [2.45, 2.75) is 6.41 Å². The van der Waals surface area contributed by atoms with Crippen LogP contribution in [0.3, 0.4) is 0 Å². The largest absolute Gasteiger partial charge is 0.356 e. The Labute approximate surface area is 35.8 Å². The molecule has 0 aliphatic rings. The molecule has 0 aliphatic carbocycles. The van der Waals surface area contributed by atoms with Crippen LogP contribution >= 0.6 is 12.4 Å². The molecule has 0 aliphatic heterocycles. The van der Waals surface area contributed by atoms with Crippen molar-refractivity contribution in [1.82, 2.24) is 0 Å². The molecule has 0 heterocycles. The van der Waals surface area contributed by atoms with Crippen molar-refractivity contribution in [2.75, 3.05) is 0 Å². The molecule has 4 N–H and O–H groups in total. The molecular formula is CH6ClNO2. The Hall–Kier alpha value is 0.170. The average molecular weight is 99.5 g/mol. The van der Waals surface area contributed by atoms with Crippen LogP contribution in [0.5, 0.6) is 0 Å². The highest BCUT2D eigenvalue weighted by molar-refractivity contribution is 5.85. The lowest BCUT2D eigenvalue weighted by molar-refractivity contribution is -0.0333. The van der Waals surface area contributed by atoms with Crippen LogP contribution in [0, 0.1) is 0 Å². The molecule has 0 atom stereocenters. The molecule has 0 bridgehead atoms. The maximum absolute atomic E-state index is 7.39. The van der Waals surface area contributed by atoms with Crippen LogP contribution in [-0.4, -0.2) is 16.6 Å². The van der Waals surface area contributed by atoms with E-state index in [1.807, 2.05) is 0 Å². The second-order valence-electron chi connectivity index (χ2n) is 0.414. The lowest BCUT2D eigenvalue weighted by Crippen LogP contribution is -2.15. The van der Waals surface area contributed by atoms with E-state index in [4.69, 9.17) is 10.2 Å². The topological polar surface area (TPSA) is 66.5 Å². The molecule has 0 aromatic heterocycles. The van der Waals surface area contributed by atoms with Gasteiger partial charge in [0, 0.05) is 0 Å². The summed E-state index contributed by atoms with van der Waals surface area (Å²) in [6, 6.07) is 0. The lowest BCUT2D eigenvalue weighted by Gasteiger charge is -1.81. The number of hydrogen-bond donors (Lipinski definition) is 3. The first kappa shape index (κ1) is 8.95. The SMILES string of the molecule is Cl.NC(O)O. The van der Waals surface area contributed by atoms with Gasteiger partial charge < -0.3 is 10.2 Å². The van der Waals surface area contributed by atoms with Crippen molar-refractivity contribution in [3.63, 3.8) is 0 Å². The van der Waals surface area contributed by atoms with Crippen molar-refractivity contribution >= 4 is 12.4 Å². The monoisotopic (exact) mass is 99.0 g/mol. The van der Waals surface area contributed by atoms with Gasteiger partial charge in [-0.2, -0.15) is 0 Å². The predicted molar refractivity (Wildman–Crippen MR) is 19.7 cm³/mol. The predicted octanol–water partition coefficient (Wildman–Crippen LogP) is -1.36. The molecule has 0 radical (unpaired) electrons. The Morgan fingerprint density at radius 1 is 1.40 bits per heavy atom. The molecule has 0 aromatic rings. The fourth-order valence-electron chi connectivity index (χ4n) is 0. The van der Waals surface area contributed by atoms with Gasteiger partial charge in [0.15, 0.2) is 0 Å². The minimum atomic E-state index is -1.67. The Morgan fingerprint density at radius 3 is 1.40 bits per heavy atom. The van der Waals surface area contributed by atoms with Gasteiger partial charge in [-0.1, -0.05) is 0 Å². The van der Waals surface area contributed by atoms with E-state index in [1.54, 1.807) is 0 Å². The maximum atomic E-state index is 7.39. The summed E-state index contributed by atoms with van der Waals surface area (Å²) in [5, 5.41) is 14.8. The minimum absolute atomic E-state index is 0. The smallest absolute Gasteiger partial charge is 0.208 e. The van der Waals surface area contributed by atoms with Crippen molar-refractivity contribution in [2.24, 2.45) is 5.73 Å². The fourth-order valence-corrected chi connectivity index (χ4v) is 0. The van der Waals surface area contributed by atoms with Gasteiger partial charge in [0.05, 0.1) is 0 Å². The van der Waals surface area contributed by atoms with E-state index < -0.39 is 6.41 Å². The van der Waals surface area contributed by atoms with Crippen LogP contribution in [-0.2, 0) is 0 Å². The zero-order valence-electron chi connectivity index (χ0n) is 2.46. The van der Waals surface area contributed by atoms with E-state index in [-0.39, 0.29) is 12.4 Å². The maximum Gasteiger partial charge on any atom is 0.208 e. The summed E-state index contributed by atoms with van der Waals surface area (Å²) in [7, 11) is 0. The number of halogens is 1. The normalized spacial score (nSPS) is 7.20. The van der Waals surface area contributed by atoms with Crippen LogP contribution in [0.25, 0.3) is 0 Å². The van der Waals surface area contributed by atoms with E-state index in [9.17, 15) is 0 Å². The molecule has 0 saturated heterocycles. The van der Waals surface area contributed by atoms with E-state index >= 15 is 0 Å². The molecule has 4 heteroatoms. The van der Waals surface area contributed by atoms with Gasteiger partial charge in [0.2, 0.25) is 6.41 Å². The Balaban J connectivity index is 0. The molecular weight excluding hydrogens is 93.5 g/mol. The van der Waals surface area contributed by atoms with E-state index in [2.05, 4.69) is 5.73 Å². The van der Waals surface area contributed by atoms with Gasteiger partial charge in [-0.25, -0.2) is 0 Å². The van der Waals surface area contributed by atoms with Crippen molar-refractivity contribution < 1.29 is 10.2 Å². The number of aliphatic hydroxyl groups is 2. The van der Waals surface area contributed by atoms with Gasteiger partial charge in [-0.15, -0.1) is 12.4 Å². The average Bonchev–Trinajstić information content (AvgIpc) is 0.811. The molecule has 0 unspecified atom stereocenters. The summed E-state index contributed by atoms with van der Waals surface area (Å²) >= 11 is 0. The zero-order valence-corrected chi connectivity index (χ0v) is 3.27. The molecule has 0 spiro atoms. The van der Waals surface area contributed by atoms with E-state index in [0.717, 1.165) is 0 Å². The van der Waals surface area contributed by atoms with E-state index in [0.29, 0.717) is 0 Å². The van der Waals surface area contributed by atoms with Crippen molar-refractivity contribution in [3.8, 4) is 0 Å². The van der Waals surface area contributed by atoms with Crippen molar-refractivity contribution in [1.29, 1.82) is 0 Å². The van der Waals surface area contributed by atoms with Crippen LogP contribution in [0.1, 0.15) is 0 Å². The number of aliphatic hydroxyl groups excluding tert-OH is 1. The van der Waals surface area contributed by atoms with Crippen molar-refractivity contribution in [3.05, 3.63) is 0 Å². The molecule has 0 fully saturated rings. The highest BCUT2D eigenvalue weighted by atomic mass is 35.5. The van der Waals surface area contributed by atoms with E-state index in [1.165, 1.54) is 0 Å². The fraction of sp³-hybridized carbons (Fsp3) is 1.00. The molecule has 34 valence electrons. The van der Waals surface area contributed by atoms with Gasteiger partial charge in [0.1, 0.15) is 0 Å². The van der Waals surface area contributed by atoms with Gasteiger partial charge in [-0.05, 0) is 0 Å². The first-order valence-corrected chi connectivity index (χ1v) is 0.850. The third kappa shape index (κ3) is 679. The van der Waals surface area contributed by atoms with Gasteiger partial charge >= 0.3 is 0 Å². The third-order valence-corrected chi connectivity index (χ3v) is 0. The van der Waals surface area contributed by atoms with Crippen LogP contribution in [0.2, 0.25) is 0 Å². The molecule has 0 aromatic carbocycles. The Morgan fingerprint density at radius 2 is 1.40 bits per heavy atom. The third-order valence-electron chi connectivity index (χ3n) is 0. The first-order valence-electron chi connectivity index (χ1n) is 0.850. The Kier molecular flexibility index (Phi) is 7.46. The highest BCUT2D eigenvalue weighted by Gasteiger charge is 1.69. The number of nitrogens with two attached hydrogens (primary N) is 1. The number of rotatable bonds is 0. The molecule has 5 heavy (non-hydrogen) atoms. The summed E-state index contributed by atoms with van der Waals surface area (Å²) in [6.07, 6.45) is -1.67. The summed E-state index contributed by atoms with van der Waals surface area (Å²) in [4.78, 5) is 0. The highest BCUT2D eigenvalue weighted by Crippen LogP contribution is 1.40. The van der Waals surface area contributed by atoms with Crippen LogP contribution < -0.4 is 5.73 Å². The van der Waals surface area contributed by atoms with Gasteiger partial charge in [0.25, 0.3) is 0 Å². The molecule has 3 nitrogen and oxygen atoms in total. The quantitative estimate of drug-likeness (QED) is 0.329. The second kappa shape index (κ2) is 4.17.